The van der Waals surface area contributed by atoms with Gasteiger partial charge in [-0.25, -0.2) is 9.97 Å². The molecule has 2 atom stereocenters. The third-order valence-electron chi connectivity index (χ3n) is 4.88. The van der Waals surface area contributed by atoms with E-state index in [9.17, 15) is 4.79 Å². The van der Waals surface area contributed by atoms with Crippen LogP contribution in [0.3, 0.4) is 0 Å². The molecular weight excluding hydrogens is 274 g/mol. The summed E-state index contributed by atoms with van der Waals surface area (Å²) in [6.45, 7) is 0. The molecule has 4 nitrogen and oxygen atoms in total. The van der Waals surface area contributed by atoms with E-state index in [1.165, 1.54) is 5.56 Å². The predicted molar refractivity (Wildman–Crippen MR) is 83.1 cm³/mol. The van der Waals surface area contributed by atoms with Crippen molar-refractivity contribution in [2.75, 3.05) is 0 Å². The summed E-state index contributed by atoms with van der Waals surface area (Å²) in [7, 11) is 0. The number of aryl methyl sites for hydroxylation is 1. The number of hydrogen-bond acceptors (Lipinski definition) is 3. The molecule has 0 saturated carbocycles. The third kappa shape index (κ3) is 2.28. The summed E-state index contributed by atoms with van der Waals surface area (Å²) in [5.74, 6) is 0.269. The number of aromatic nitrogens is 2. The number of nitrogens with zero attached hydrogens (tertiary/aromatic N) is 3. The third-order valence-corrected chi connectivity index (χ3v) is 4.88. The molecular formula is C18H19N3O. The van der Waals surface area contributed by atoms with Gasteiger partial charge in [-0.15, -0.1) is 0 Å². The van der Waals surface area contributed by atoms with Gasteiger partial charge in [-0.05, 0) is 24.8 Å². The Hall–Kier alpha value is -2.23. The van der Waals surface area contributed by atoms with E-state index in [1.807, 2.05) is 24.4 Å². The monoisotopic (exact) mass is 293 g/mol. The first-order chi connectivity index (χ1) is 10.8. The maximum atomic E-state index is 12.7. The molecule has 0 unspecified atom stereocenters. The average Bonchev–Trinajstić information content (AvgIpc) is 2.89. The molecule has 3 heterocycles. The number of benzene rings is 1. The van der Waals surface area contributed by atoms with Gasteiger partial charge in [0.2, 0.25) is 5.91 Å². The lowest BCUT2D eigenvalue weighted by atomic mass is 9.98. The summed E-state index contributed by atoms with van der Waals surface area (Å²) in [5, 5.41) is 0. The Morgan fingerprint density at radius 1 is 1.23 bits per heavy atom. The minimum Gasteiger partial charge on any atom is -0.332 e. The second kappa shape index (κ2) is 5.52. The zero-order chi connectivity index (χ0) is 14.9. The number of carbonyl (C=O) groups is 1. The summed E-state index contributed by atoms with van der Waals surface area (Å²) in [6.07, 6.45) is 7.91. The van der Waals surface area contributed by atoms with Crippen LogP contribution in [-0.2, 0) is 17.6 Å². The molecule has 2 bridgehead atoms. The van der Waals surface area contributed by atoms with Crippen molar-refractivity contribution in [3.05, 3.63) is 59.7 Å². The number of amides is 1. The van der Waals surface area contributed by atoms with Crippen molar-refractivity contribution in [1.82, 2.24) is 14.9 Å². The molecule has 112 valence electrons. The van der Waals surface area contributed by atoms with Crippen molar-refractivity contribution in [3.63, 3.8) is 0 Å². The van der Waals surface area contributed by atoms with Gasteiger partial charge in [0.1, 0.15) is 6.33 Å². The second-order valence-electron chi connectivity index (χ2n) is 6.16. The van der Waals surface area contributed by atoms with E-state index in [1.54, 1.807) is 6.33 Å². The van der Waals surface area contributed by atoms with E-state index in [0.717, 1.165) is 36.9 Å². The fraction of sp³-hybridized carbons (Fsp3) is 0.389. The lowest BCUT2D eigenvalue weighted by Crippen LogP contribution is -2.42. The quantitative estimate of drug-likeness (QED) is 0.874. The fourth-order valence-corrected chi connectivity index (χ4v) is 3.83. The molecule has 4 rings (SSSR count). The second-order valence-corrected chi connectivity index (χ2v) is 6.16. The van der Waals surface area contributed by atoms with Gasteiger partial charge in [-0.1, -0.05) is 30.3 Å². The molecule has 1 fully saturated rings. The van der Waals surface area contributed by atoms with Crippen LogP contribution in [0.1, 0.15) is 42.1 Å². The lowest BCUT2D eigenvalue weighted by Gasteiger charge is -2.35. The van der Waals surface area contributed by atoms with E-state index in [-0.39, 0.29) is 11.9 Å². The van der Waals surface area contributed by atoms with Crippen LogP contribution in [-0.4, -0.2) is 26.8 Å². The Morgan fingerprint density at radius 2 is 2.09 bits per heavy atom. The highest BCUT2D eigenvalue weighted by molar-refractivity contribution is 5.78. The lowest BCUT2D eigenvalue weighted by molar-refractivity contribution is -0.134. The topological polar surface area (TPSA) is 46.1 Å². The Bertz CT molecular complexity index is 686. The Kier molecular flexibility index (Phi) is 3.37. The van der Waals surface area contributed by atoms with Gasteiger partial charge in [0.15, 0.2) is 0 Å². The molecule has 4 heteroatoms. The van der Waals surface area contributed by atoms with Crippen LogP contribution in [0.2, 0.25) is 0 Å². The van der Waals surface area contributed by atoms with Crippen molar-refractivity contribution < 1.29 is 4.79 Å². The van der Waals surface area contributed by atoms with Crippen LogP contribution in [0.4, 0.5) is 0 Å². The van der Waals surface area contributed by atoms with E-state index < -0.39 is 0 Å². The van der Waals surface area contributed by atoms with Crippen LogP contribution in [0.15, 0.2) is 42.9 Å². The van der Waals surface area contributed by atoms with Gasteiger partial charge >= 0.3 is 0 Å². The highest BCUT2D eigenvalue weighted by Gasteiger charge is 2.42. The normalized spacial score (nSPS) is 22.5. The molecule has 1 aromatic carbocycles. The Labute approximate surface area is 130 Å². The molecule has 2 aliphatic rings. The highest BCUT2D eigenvalue weighted by Crippen LogP contribution is 2.42. The molecule has 0 aliphatic carbocycles. The number of fused-ring (bicyclic) bond motifs is 4. The van der Waals surface area contributed by atoms with E-state index in [0.29, 0.717) is 12.5 Å². The van der Waals surface area contributed by atoms with Crippen molar-refractivity contribution >= 4 is 5.91 Å². The van der Waals surface area contributed by atoms with Crippen molar-refractivity contribution in [3.8, 4) is 0 Å². The zero-order valence-corrected chi connectivity index (χ0v) is 12.5. The fourth-order valence-electron chi connectivity index (χ4n) is 3.83. The van der Waals surface area contributed by atoms with Crippen LogP contribution in [0, 0.1) is 0 Å². The molecule has 1 aromatic heterocycles. The maximum Gasteiger partial charge on any atom is 0.223 e. The molecule has 0 radical (unpaired) electrons. The first kappa shape index (κ1) is 13.4. The Morgan fingerprint density at radius 3 is 2.95 bits per heavy atom. The SMILES string of the molecule is O=C(CCc1ccccc1)N1[C@H]2CC[C@H]1c1cncnc1C2. The van der Waals surface area contributed by atoms with Crippen LogP contribution in [0.5, 0.6) is 0 Å². The summed E-state index contributed by atoms with van der Waals surface area (Å²) in [4.78, 5) is 23.4. The Balaban J connectivity index is 1.50. The smallest absolute Gasteiger partial charge is 0.223 e. The summed E-state index contributed by atoms with van der Waals surface area (Å²) >= 11 is 0. The molecule has 2 aromatic rings. The van der Waals surface area contributed by atoms with Crippen molar-refractivity contribution in [2.24, 2.45) is 0 Å². The van der Waals surface area contributed by atoms with Gasteiger partial charge in [-0.3, -0.25) is 4.79 Å². The van der Waals surface area contributed by atoms with Crippen LogP contribution < -0.4 is 0 Å². The maximum absolute atomic E-state index is 12.7. The molecule has 22 heavy (non-hydrogen) atoms. The standard InChI is InChI=1S/C18H19N3O/c22-18(9-6-13-4-2-1-3-5-13)21-14-7-8-17(21)15-11-19-12-20-16(15)10-14/h1-5,11-12,14,17H,6-10H2/t14-,17-/m0/s1. The first-order valence-corrected chi connectivity index (χ1v) is 7.97. The van der Waals surface area contributed by atoms with Gasteiger partial charge in [0, 0.05) is 30.6 Å². The highest BCUT2D eigenvalue weighted by atomic mass is 16.2. The van der Waals surface area contributed by atoms with Gasteiger partial charge in [-0.2, -0.15) is 0 Å². The van der Waals surface area contributed by atoms with E-state index >= 15 is 0 Å². The minimum atomic E-state index is 0.193. The summed E-state index contributed by atoms with van der Waals surface area (Å²) in [6, 6.07) is 10.7. The molecule has 1 saturated heterocycles. The largest absolute Gasteiger partial charge is 0.332 e. The van der Waals surface area contributed by atoms with Crippen molar-refractivity contribution in [1.29, 1.82) is 0 Å². The van der Waals surface area contributed by atoms with Gasteiger partial charge in [0.05, 0.1) is 11.7 Å². The van der Waals surface area contributed by atoms with Gasteiger partial charge < -0.3 is 4.90 Å². The zero-order valence-electron chi connectivity index (χ0n) is 12.5. The molecule has 0 spiro atoms. The van der Waals surface area contributed by atoms with E-state index in [4.69, 9.17) is 0 Å². The summed E-state index contributed by atoms with van der Waals surface area (Å²) < 4.78 is 0. The average molecular weight is 293 g/mol. The minimum absolute atomic E-state index is 0.193. The molecule has 1 amide bonds. The van der Waals surface area contributed by atoms with Crippen molar-refractivity contribution in [2.45, 2.75) is 44.2 Å². The van der Waals surface area contributed by atoms with Crippen LogP contribution >= 0.6 is 0 Å². The van der Waals surface area contributed by atoms with Gasteiger partial charge in [0.25, 0.3) is 0 Å². The van der Waals surface area contributed by atoms with E-state index in [2.05, 4.69) is 27.0 Å². The number of hydrogen-bond donors (Lipinski definition) is 0. The predicted octanol–water partition coefficient (Wildman–Crippen LogP) is 2.70. The molecule has 0 N–H and O–H groups in total. The molecule has 2 aliphatic heterocycles. The van der Waals surface area contributed by atoms with Crippen LogP contribution in [0.25, 0.3) is 0 Å². The number of rotatable bonds is 3. The first-order valence-electron chi connectivity index (χ1n) is 7.97. The summed E-state index contributed by atoms with van der Waals surface area (Å²) in [5.41, 5.74) is 3.52. The number of carbonyl (C=O) groups excluding carboxylic acids is 1.